The fourth-order valence-electron chi connectivity index (χ4n) is 8.72. The molecule has 0 heterocycles. The van der Waals surface area contributed by atoms with Gasteiger partial charge < -0.3 is 9.84 Å². The van der Waals surface area contributed by atoms with Crippen molar-refractivity contribution in [3.05, 3.63) is 0 Å². The Bertz CT molecular complexity index is 623. The second-order valence-corrected chi connectivity index (χ2v) is 12.0. The molecule has 0 aromatic heterocycles. The number of fused-ring (bicyclic) bond motifs is 5. The summed E-state index contributed by atoms with van der Waals surface area (Å²) in [6.45, 7) is 5.81. The van der Waals surface area contributed by atoms with Crippen LogP contribution in [0.1, 0.15) is 97.3 Å². The minimum atomic E-state index is -0.0654. The van der Waals surface area contributed by atoms with Crippen LogP contribution < -0.4 is 0 Å². The molecule has 5 fully saturated rings. The van der Waals surface area contributed by atoms with E-state index in [2.05, 4.69) is 13.8 Å². The molecule has 0 aromatic rings. The molecule has 1 N–H and O–H groups in total. The third kappa shape index (κ3) is 3.43. The van der Waals surface area contributed by atoms with E-state index in [1.54, 1.807) is 0 Å². The molecule has 7 atom stereocenters. The average Bonchev–Trinajstić information content (AvgIpc) is 3.02. The van der Waals surface area contributed by atoms with E-state index in [4.69, 9.17) is 4.74 Å². The maximum Gasteiger partial charge on any atom is 0.139 e. The SMILES string of the molecule is CC12CCC3C(CCC4CC(OCC5CCC(O)CC5)CCC43C)C1CCC2=O. The van der Waals surface area contributed by atoms with Crippen molar-refractivity contribution in [2.24, 2.45) is 40.4 Å². The topological polar surface area (TPSA) is 46.5 Å². The van der Waals surface area contributed by atoms with E-state index in [1.165, 1.54) is 44.9 Å². The summed E-state index contributed by atoms with van der Waals surface area (Å²) in [7, 11) is 0. The number of carbonyl (C=O) groups is 1. The first-order chi connectivity index (χ1) is 13.9. The Labute approximate surface area is 177 Å². The molecule has 0 saturated heterocycles. The van der Waals surface area contributed by atoms with Crippen LogP contribution in [0.4, 0.5) is 0 Å². The third-order valence-corrected chi connectivity index (χ3v) is 10.7. The zero-order chi connectivity index (χ0) is 20.2. The van der Waals surface area contributed by atoms with Crippen LogP contribution in [0.2, 0.25) is 0 Å². The highest BCUT2D eigenvalue weighted by molar-refractivity contribution is 5.87. The van der Waals surface area contributed by atoms with E-state index in [1.807, 2.05) is 0 Å². The smallest absolute Gasteiger partial charge is 0.139 e. The van der Waals surface area contributed by atoms with Crippen molar-refractivity contribution in [1.82, 2.24) is 0 Å². The second-order valence-electron chi connectivity index (χ2n) is 12.0. The molecule has 5 aliphatic rings. The number of hydrogen-bond acceptors (Lipinski definition) is 3. The maximum absolute atomic E-state index is 12.6. The largest absolute Gasteiger partial charge is 0.393 e. The van der Waals surface area contributed by atoms with Crippen LogP contribution in [0, 0.1) is 40.4 Å². The quantitative estimate of drug-likeness (QED) is 0.675. The number of ether oxygens (including phenoxy) is 1. The Morgan fingerprint density at radius 2 is 1.72 bits per heavy atom. The lowest BCUT2D eigenvalue weighted by Gasteiger charge is -2.60. The fourth-order valence-corrected chi connectivity index (χ4v) is 8.72. The van der Waals surface area contributed by atoms with Crippen molar-refractivity contribution >= 4 is 5.78 Å². The molecule has 7 unspecified atom stereocenters. The zero-order valence-corrected chi connectivity index (χ0v) is 18.7. The van der Waals surface area contributed by atoms with Crippen LogP contribution in [-0.4, -0.2) is 29.7 Å². The minimum Gasteiger partial charge on any atom is -0.393 e. The highest BCUT2D eigenvalue weighted by Crippen LogP contribution is 2.65. The molecule has 3 nitrogen and oxygen atoms in total. The molecule has 0 aromatic carbocycles. The number of ketones is 1. The number of aliphatic hydroxyl groups excluding tert-OH is 1. The summed E-state index contributed by atoms with van der Waals surface area (Å²) in [5, 5.41) is 9.72. The lowest BCUT2D eigenvalue weighted by molar-refractivity contribution is -0.146. The van der Waals surface area contributed by atoms with Crippen LogP contribution in [0.5, 0.6) is 0 Å². The van der Waals surface area contributed by atoms with Crippen molar-refractivity contribution in [3.63, 3.8) is 0 Å². The molecule has 5 saturated carbocycles. The van der Waals surface area contributed by atoms with Gasteiger partial charge in [-0.3, -0.25) is 4.79 Å². The Kier molecular flexibility index (Phi) is 5.39. The Hall–Kier alpha value is -0.410. The van der Waals surface area contributed by atoms with E-state index >= 15 is 0 Å². The number of aliphatic hydroxyl groups is 1. The molecule has 29 heavy (non-hydrogen) atoms. The predicted octanol–water partition coefficient (Wildman–Crippen LogP) is 5.53. The van der Waals surface area contributed by atoms with Crippen LogP contribution in [-0.2, 0) is 9.53 Å². The van der Waals surface area contributed by atoms with E-state index in [9.17, 15) is 9.90 Å². The average molecular weight is 403 g/mol. The molecule has 0 bridgehead atoms. The number of Topliss-reactive ketones (excluding diaryl/α,β-unsaturated/α-hetero) is 1. The van der Waals surface area contributed by atoms with Gasteiger partial charge in [-0.15, -0.1) is 0 Å². The number of carbonyl (C=O) groups excluding carboxylic acids is 1. The minimum absolute atomic E-state index is 0.0122. The molecule has 0 spiro atoms. The van der Waals surface area contributed by atoms with Crippen LogP contribution in [0.3, 0.4) is 0 Å². The van der Waals surface area contributed by atoms with Crippen molar-refractivity contribution in [3.8, 4) is 0 Å². The van der Waals surface area contributed by atoms with Crippen LogP contribution in [0.15, 0.2) is 0 Å². The molecule has 5 aliphatic carbocycles. The van der Waals surface area contributed by atoms with Gasteiger partial charge in [-0.05, 0) is 112 Å². The molecular formula is C26H42O3. The summed E-state index contributed by atoms with van der Waals surface area (Å²) in [6, 6.07) is 0. The van der Waals surface area contributed by atoms with Gasteiger partial charge in [0.25, 0.3) is 0 Å². The van der Waals surface area contributed by atoms with Gasteiger partial charge in [-0.1, -0.05) is 13.8 Å². The van der Waals surface area contributed by atoms with Gasteiger partial charge >= 0.3 is 0 Å². The second kappa shape index (κ2) is 7.62. The van der Waals surface area contributed by atoms with E-state index in [0.717, 1.165) is 62.9 Å². The van der Waals surface area contributed by atoms with Gasteiger partial charge in [-0.25, -0.2) is 0 Å². The Morgan fingerprint density at radius 1 is 0.931 bits per heavy atom. The van der Waals surface area contributed by atoms with E-state index < -0.39 is 0 Å². The van der Waals surface area contributed by atoms with Crippen molar-refractivity contribution in [2.45, 2.75) is 110 Å². The number of hydrogen-bond donors (Lipinski definition) is 1. The zero-order valence-electron chi connectivity index (χ0n) is 18.7. The lowest BCUT2D eigenvalue weighted by Crippen LogP contribution is -2.54. The molecular weight excluding hydrogens is 360 g/mol. The highest BCUT2D eigenvalue weighted by atomic mass is 16.5. The first-order valence-electron chi connectivity index (χ1n) is 12.7. The summed E-state index contributed by atoms with van der Waals surface area (Å²) < 4.78 is 6.46. The predicted molar refractivity (Wildman–Crippen MR) is 114 cm³/mol. The van der Waals surface area contributed by atoms with Gasteiger partial charge in [-0.2, -0.15) is 0 Å². The molecule has 0 amide bonds. The molecule has 3 heteroatoms. The number of rotatable bonds is 3. The summed E-state index contributed by atoms with van der Waals surface area (Å²) in [5.74, 6) is 4.36. The Morgan fingerprint density at radius 3 is 2.52 bits per heavy atom. The fraction of sp³-hybridized carbons (Fsp3) is 0.962. The van der Waals surface area contributed by atoms with E-state index in [0.29, 0.717) is 29.1 Å². The standard InChI is InChI=1S/C26H42O3/c1-25-13-11-20(29-16-17-3-6-19(27)7-4-17)15-18(25)5-8-21-22-9-10-24(28)26(22,2)14-12-23(21)25/h17-23,27H,3-16H2,1-2H3. The first-order valence-corrected chi connectivity index (χ1v) is 12.7. The Balaban J connectivity index is 1.20. The maximum atomic E-state index is 12.6. The molecule has 0 aliphatic heterocycles. The van der Waals surface area contributed by atoms with Gasteiger partial charge in [0.15, 0.2) is 0 Å². The normalized spacial score (nSPS) is 52.5. The van der Waals surface area contributed by atoms with Gasteiger partial charge in [0, 0.05) is 18.4 Å². The van der Waals surface area contributed by atoms with Crippen molar-refractivity contribution in [2.75, 3.05) is 6.61 Å². The summed E-state index contributed by atoms with van der Waals surface area (Å²) >= 11 is 0. The first kappa shape index (κ1) is 20.5. The van der Waals surface area contributed by atoms with Gasteiger partial charge in [0.1, 0.15) is 5.78 Å². The highest BCUT2D eigenvalue weighted by Gasteiger charge is 2.60. The van der Waals surface area contributed by atoms with E-state index in [-0.39, 0.29) is 11.5 Å². The van der Waals surface area contributed by atoms with Crippen LogP contribution >= 0.6 is 0 Å². The van der Waals surface area contributed by atoms with Crippen molar-refractivity contribution < 1.29 is 14.6 Å². The van der Waals surface area contributed by atoms with Crippen molar-refractivity contribution in [1.29, 1.82) is 0 Å². The third-order valence-electron chi connectivity index (χ3n) is 10.7. The monoisotopic (exact) mass is 402 g/mol. The van der Waals surface area contributed by atoms with Crippen LogP contribution in [0.25, 0.3) is 0 Å². The summed E-state index contributed by atoms with van der Waals surface area (Å²) in [4.78, 5) is 12.6. The molecule has 0 radical (unpaired) electrons. The molecule has 164 valence electrons. The lowest BCUT2D eigenvalue weighted by atomic mass is 9.45. The molecule has 5 rings (SSSR count). The summed E-state index contributed by atoms with van der Waals surface area (Å²) in [6.07, 6.45) is 15.6. The van der Waals surface area contributed by atoms with Gasteiger partial charge in [0.05, 0.1) is 12.2 Å². The summed E-state index contributed by atoms with van der Waals surface area (Å²) in [5.41, 5.74) is 0.489. The van der Waals surface area contributed by atoms with Gasteiger partial charge in [0.2, 0.25) is 0 Å².